The highest BCUT2D eigenvalue weighted by Gasteiger charge is 2.44. The van der Waals surface area contributed by atoms with E-state index in [1.54, 1.807) is 21.3 Å². The summed E-state index contributed by atoms with van der Waals surface area (Å²) in [5.74, 6) is 0.752. The molecule has 0 spiro atoms. The molecule has 0 aromatic heterocycles. The molecule has 112 valence electrons. The third-order valence-corrected chi connectivity index (χ3v) is 3.72. The van der Waals surface area contributed by atoms with Gasteiger partial charge in [0.2, 0.25) is 0 Å². The van der Waals surface area contributed by atoms with Crippen molar-refractivity contribution < 1.29 is 23.7 Å². The van der Waals surface area contributed by atoms with Crippen molar-refractivity contribution in [2.45, 2.75) is 18.1 Å². The molecule has 2 rings (SSSR count). The molecular formula is C15H22O5. The van der Waals surface area contributed by atoms with Crippen molar-refractivity contribution in [3.05, 3.63) is 29.8 Å². The summed E-state index contributed by atoms with van der Waals surface area (Å²) in [4.78, 5) is 0. The Bertz CT molecular complexity index is 422. The van der Waals surface area contributed by atoms with E-state index in [1.165, 1.54) is 0 Å². The van der Waals surface area contributed by atoms with Crippen LogP contribution in [0, 0.1) is 0 Å². The molecule has 1 fully saturated rings. The summed E-state index contributed by atoms with van der Waals surface area (Å²) < 4.78 is 27.3. The van der Waals surface area contributed by atoms with Crippen LogP contribution in [0.1, 0.15) is 12.0 Å². The zero-order valence-electron chi connectivity index (χ0n) is 12.3. The summed E-state index contributed by atoms with van der Waals surface area (Å²) in [7, 11) is 4.98. The molecule has 0 N–H and O–H groups in total. The van der Waals surface area contributed by atoms with Gasteiger partial charge >= 0.3 is 0 Å². The Hall–Kier alpha value is -1.14. The molecule has 0 radical (unpaired) electrons. The second-order valence-electron chi connectivity index (χ2n) is 4.72. The minimum atomic E-state index is -0.501. The summed E-state index contributed by atoms with van der Waals surface area (Å²) in [5, 5.41) is 0. The Labute approximate surface area is 119 Å². The third kappa shape index (κ3) is 2.96. The Kier molecular flexibility index (Phi) is 5.37. The molecular weight excluding hydrogens is 260 g/mol. The molecule has 0 aliphatic carbocycles. The maximum atomic E-state index is 5.84. The van der Waals surface area contributed by atoms with Crippen molar-refractivity contribution in [2.75, 3.05) is 41.3 Å². The van der Waals surface area contributed by atoms with Crippen LogP contribution in [0.15, 0.2) is 24.3 Å². The van der Waals surface area contributed by atoms with E-state index in [1.807, 2.05) is 24.3 Å². The van der Waals surface area contributed by atoms with Gasteiger partial charge in [-0.1, -0.05) is 12.1 Å². The van der Waals surface area contributed by atoms with Gasteiger partial charge in [0.05, 0.1) is 6.61 Å². The zero-order valence-corrected chi connectivity index (χ0v) is 12.3. The van der Waals surface area contributed by atoms with Gasteiger partial charge in [0.25, 0.3) is 0 Å². The lowest BCUT2D eigenvalue weighted by Gasteiger charge is -2.42. The van der Waals surface area contributed by atoms with Gasteiger partial charge < -0.3 is 23.7 Å². The van der Waals surface area contributed by atoms with Crippen LogP contribution in [0.3, 0.4) is 0 Å². The molecule has 1 aliphatic heterocycles. The molecule has 1 aromatic rings. The van der Waals surface area contributed by atoms with Crippen LogP contribution in [0.5, 0.6) is 5.75 Å². The number of hydrogen-bond donors (Lipinski definition) is 0. The van der Waals surface area contributed by atoms with Gasteiger partial charge in [-0.15, -0.1) is 0 Å². The summed E-state index contributed by atoms with van der Waals surface area (Å²) in [6, 6.07) is 7.84. The first kappa shape index (κ1) is 15.3. The van der Waals surface area contributed by atoms with Crippen LogP contribution in [-0.2, 0) is 24.5 Å². The first-order chi connectivity index (χ1) is 9.76. The van der Waals surface area contributed by atoms with Gasteiger partial charge in [0, 0.05) is 34.4 Å². The van der Waals surface area contributed by atoms with Crippen molar-refractivity contribution in [1.29, 1.82) is 0 Å². The van der Waals surface area contributed by atoms with Crippen molar-refractivity contribution >= 4 is 0 Å². The predicted molar refractivity (Wildman–Crippen MR) is 73.9 cm³/mol. The average Bonchev–Trinajstić information content (AvgIpc) is 2.52. The summed E-state index contributed by atoms with van der Waals surface area (Å²) in [6.07, 6.45) is 0.606. The molecule has 0 amide bonds. The van der Waals surface area contributed by atoms with Gasteiger partial charge in [-0.3, -0.25) is 0 Å². The van der Waals surface area contributed by atoms with Crippen LogP contribution >= 0.6 is 0 Å². The number of hydrogen-bond acceptors (Lipinski definition) is 5. The second kappa shape index (κ2) is 7.04. The SMILES string of the molecule is COCOc1cccc(C2(OC)CCOCC2OC)c1. The fourth-order valence-corrected chi connectivity index (χ4v) is 2.63. The van der Waals surface area contributed by atoms with Gasteiger partial charge in [0.1, 0.15) is 17.5 Å². The molecule has 1 saturated heterocycles. The standard InChI is InChI=1S/C15H22O5/c1-16-11-20-13-6-4-5-12(9-13)15(18-3)7-8-19-10-14(15)17-2/h4-6,9,14H,7-8,10-11H2,1-3H3. The molecule has 1 aliphatic rings. The Balaban J connectivity index is 2.29. The number of methoxy groups -OCH3 is 3. The lowest BCUT2D eigenvalue weighted by Crippen LogP contribution is -2.49. The van der Waals surface area contributed by atoms with Gasteiger partial charge in [-0.25, -0.2) is 0 Å². The largest absolute Gasteiger partial charge is 0.468 e. The Morgan fingerprint density at radius 2 is 2.15 bits per heavy atom. The zero-order chi connectivity index (χ0) is 14.4. The van der Waals surface area contributed by atoms with Gasteiger partial charge in [-0.05, 0) is 17.7 Å². The van der Waals surface area contributed by atoms with Crippen molar-refractivity contribution in [3.8, 4) is 5.75 Å². The minimum absolute atomic E-state index is 0.140. The highest BCUT2D eigenvalue weighted by atomic mass is 16.7. The van der Waals surface area contributed by atoms with Gasteiger partial charge in [-0.2, -0.15) is 0 Å². The molecule has 2 atom stereocenters. The second-order valence-corrected chi connectivity index (χ2v) is 4.72. The molecule has 5 heteroatoms. The number of benzene rings is 1. The lowest BCUT2D eigenvalue weighted by molar-refractivity contribution is -0.186. The predicted octanol–water partition coefficient (Wildman–Crippen LogP) is 1.95. The van der Waals surface area contributed by atoms with Crippen LogP contribution in [0.25, 0.3) is 0 Å². The lowest BCUT2D eigenvalue weighted by atomic mass is 9.83. The third-order valence-electron chi connectivity index (χ3n) is 3.72. The maximum absolute atomic E-state index is 5.84. The van der Waals surface area contributed by atoms with E-state index in [0.717, 1.165) is 17.7 Å². The average molecular weight is 282 g/mol. The van der Waals surface area contributed by atoms with E-state index in [4.69, 9.17) is 23.7 Å². The number of rotatable bonds is 6. The molecule has 0 bridgehead atoms. The Morgan fingerprint density at radius 3 is 2.85 bits per heavy atom. The van der Waals surface area contributed by atoms with Crippen LogP contribution < -0.4 is 4.74 Å². The van der Waals surface area contributed by atoms with E-state index >= 15 is 0 Å². The van der Waals surface area contributed by atoms with Crippen LogP contribution in [0.4, 0.5) is 0 Å². The summed E-state index contributed by atoms with van der Waals surface area (Å²) >= 11 is 0. The van der Waals surface area contributed by atoms with E-state index in [0.29, 0.717) is 13.2 Å². The summed E-state index contributed by atoms with van der Waals surface area (Å²) in [5.41, 5.74) is 0.531. The maximum Gasteiger partial charge on any atom is 0.188 e. The van der Waals surface area contributed by atoms with Crippen molar-refractivity contribution in [3.63, 3.8) is 0 Å². The quantitative estimate of drug-likeness (QED) is 0.746. The molecule has 0 saturated carbocycles. The highest BCUT2D eigenvalue weighted by molar-refractivity contribution is 5.34. The molecule has 2 unspecified atom stereocenters. The fourth-order valence-electron chi connectivity index (χ4n) is 2.63. The van der Waals surface area contributed by atoms with Crippen molar-refractivity contribution in [2.24, 2.45) is 0 Å². The highest BCUT2D eigenvalue weighted by Crippen LogP contribution is 2.38. The first-order valence-electron chi connectivity index (χ1n) is 6.65. The fraction of sp³-hybridized carbons (Fsp3) is 0.600. The van der Waals surface area contributed by atoms with E-state index in [-0.39, 0.29) is 12.9 Å². The summed E-state index contributed by atoms with van der Waals surface area (Å²) in [6.45, 7) is 1.39. The molecule has 1 aromatic carbocycles. The van der Waals surface area contributed by atoms with Gasteiger partial charge in [0.15, 0.2) is 6.79 Å². The first-order valence-corrected chi connectivity index (χ1v) is 6.65. The monoisotopic (exact) mass is 282 g/mol. The van der Waals surface area contributed by atoms with Crippen LogP contribution in [-0.4, -0.2) is 47.4 Å². The van der Waals surface area contributed by atoms with E-state index in [9.17, 15) is 0 Å². The van der Waals surface area contributed by atoms with Crippen molar-refractivity contribution in [1.82, 2.24) is 0 Å². The Morgan fingerprint density at radius 1 is 1.30 bits per heavy atom. The molecule has 5 nitrogen and oxygen atoms in total. The molecule has 1 heterocycles. The van der Waals surface area contributed by atoms with E-state index < -0.39 is 5.60 Å². The van der Waals surface area contributed by atoms with Crippen LogP contribution in [0.2, 0.25) is 0 Å². The number of ether oxygens (including phenoxy) is 5. The smallest absolute Gasteiger partial charge is 0.188 e. The van der Waals surface area contributed by atoms with E-state index in [2.05, 4.69) is 0 Å². The minimum Gasteiger partial charge on any atom is -0.468 e. The topological polar surface area (TPSA) is 46.2 Å². The molecule has 20 heavy (non-hydrogen) atoms. The normalized spacial score (nSPS) is 26.4.